The van der Waals surface area contributed by atoms with E-state index in [2.05, 4.69) is 17.9 Å². The highest BCUT2D eigenvalue weighted by Crippen LogP contribution is 2.13. The van der Waals surface area contributed by atoms with E-state index in [0.29, 0.717) is 5.69 Å². The number of hydrogen-bond donors (Lipinski definition) is 2. The van der Waals surface area contributed by atoms with Crippen molar-refractivity contribution >= 4 is 24.2 Å². The van der Waals surface area contributed by atoms with Gasteiger partial charge in [-0.25, -0.2) is 4.39 Å². The predicted molar refractivity (Wildman–Crippen MR) is 53.6 cm³/mol. The van der Waals surface area contributed by atoms with Gasteiger partial charge in [0.1, 0.15) is 11.9 Å². The van der Waals surface area contributed by atoms with E-state index >= 15 is 0 Å². The number of hydrogen-bond acceptors (Lipinski definition) is 3. The predicted octanol–water partition coefficient (Wildman–Crippen LogP) is 1.57. The summed E-state index contributed by atoms with van der Waals surface area (Å²) in [5.74, 6) is -0.862. The number of anilines is 1. The Bertz CT molecular complexity index is 400. The first-order chi connectivity index (χ1) is 6.67. The van der Waals surface area contributed by atoms with Crippen molar-refractivity contribution in [2.75, 3.05) is 11.1 Å². The smallest absolute Gasteiger partial charge is 0.234 e. The van der Waals surface area contributed by atoms with Gasteiger partial charge in [-0.2, -0.15) is 17.9 Å². The fourth-order valence-electron chi connectivity index (χ4n) is 0.889. The van der Waals surface area contributed by atoms with Gasteiger partial charge in [0.15, 0.2) is 0 Å². The number of thiol groups is 1. The van der Waals surface area contributed by atoms with Crippen molar-refractivity contribution in [2.45, 2.75) is 0 Å². The Morgan fingerprint density at radius 3 is 2.93 bits per heavy atom. The average Bonchev–Trinajstić information content (AvgIpc) is 2.20. The Labute approximate surface area is 86.0 Å². The van der Waals surface area contributed by atoms with E-state index in [1.807, 2.05) is 0 Å². The largest absolute Gasteiger partial charge is 0.325 e. The molecule has 0 aliphatic carbocycles. The molecule has 0 heterocycles. The Morgan fingerprint density at radius 1 is 1.64 bits per heavy atom. The number of amides is 1. The highest BCUT2D eigenvalue weighted by atomic mass is 32.1. The van der Waals surface area contributed by atoms with Gasteiger partial charge in [0.25, 0.3) is 0 Å². The highest BCUT2D eigenvalue weighted by Gasteiger charge is 2.04. The molecule has 72 valence electrons. The molecule has 0 saturated heterocycles. The van der Waals surface area contributed by atoms with Crippen molar-refractivity contribution in [1.82, 2.24) is 0 Å². The number of nitrogens with zero attached hydrogens (tertiary/aromatic N) is 1. The molecule has 0 aliphatic heterocycles. The molecule has 0 aromatic heterocycles. The van der Waals surface area contributed by atoms with Gasteiger partial charge in [-0.3, -0.25) is 4.79 Å². The number of carbonyl (C=O) groups excluding carboxylic acids is 1. The third kappa shape index (κ3) is 2.47. The maximum absolute atomic E-state index is 12.8. The summed E-state index contributed by atoms with van der Waals surface area (Å²) < 4.78 is 12.8. The lowest BCUT2D eigenvalue weighted by atomic mass is 10.2. The molecule has 0 bridgehead atoms. The van der Waals surface area contributed by atoms with Crippen molar-refractivity contribution < 1.29 is 9.18 Å². The first-order valence-corrected chi connectivity index (χ1v) is 4.41. The van der Waals surface area contributed by atoms with Gasteiger partial charge < -0.3 is 5.32 Å². The lowest BCUT2D eigenvalue weighted by Crippen LogP contribution is -2.12. The zero-order chi connectivity index (χ0) is 10.6. The van der Waals surface area contributed by atoms with E-state index < -0.39 is 5.82 Å². The van der Waals surface area contributed by atoms with Crippen molar-refractivity contribution in [1.29, 1.82) is 5.26 Å². The summed E-state index contributed by atoms with van der Waals surface area (Å²) in [4.78, 5) is 10.9. The zero-order valence-electron chi connectivity index (χ0n) is 7.12. The van der Waals surface area contributed by atoms with E-state index in [4.69, 9.17) is 5.26 Å². The summed E-state index contributed by atoms with van der Waals surface area (Å²) in [7, 11) is 0. The van der Waals surface area contributed by atoms with Crippen LogP contribution in [-0.2, 0) is 4.79 Å². The van der Waals surface area contributed by atoms with Gasteiger partial charge in [-0.1, -0.05) is 0 Å². The Morgan fingerprint density at radius 2 is 2.36 bits per heavy atom. The van der Waals surface area contributed by atoms with E-state index in [1.165, 1.54) is 12.1 Å². The molecule has 1 amide bonds. The summed E-state index contributed by atoms with van der Waals surface area (Å²) in [5, 5.41) is 11.0. The Kier molecular flexibility index (Phi) is 3.48. The third-order valence-electron chi connectivity index (χ3n) is 1.51. The minimum Gasteiger partial charge on any atom is -0.325 e. The molecule has 1 aromatic carbocycles. The van der Waals surface area contributed by atoms with Gasteiger partial charge in [0.05, 0.1) is 11.3 Å². The third-order valence-corrected chi connectivity index (χ3v) is 1.80. The second-order valence-electron chi connectivity index (χ2n) is 2.51. The molecule has 0 saturated carbocycles. The highest BCUT2D eigenvalue weighted by molar-refractivity contribution is 7.81. The molecule has 3 nitrogen and oxygen atoms in total. The van der Waals surface area contributed by atoms with Gasteiger partial charge >= 0.3 is 0 Å². The second kappa shape index (κ2) is 4.63. The summed E-state index contributed by atoms with van der Waals surface area (Å²) in [6.07, 6.45) is 0. The molecule has 0 fully saturated rings. The number of halogens is 1. The van der Waals surface area contributed by atoms with Crippen LogP contribution in [0, 0.1) is 17.1 Å². The van der Waals surface area contributed by atoms with Crippen molar-refractivity contribution in [2.24, 2.45) is 0 Å². The van der Waals surface area contributed by atoms with Crippen LogP contribution in [0.5, 0.6) is 0 Å². The lowest BCUT2D eigenvalue weighted by Gasteiger charge is -2.03. The number of benzene rings is 1. The molecule has 0 radical (unpaired) electrons. The molecule has 1 N–H and O–H groups in total. The number of rotatable bonds is 2. The van der Waals surface area contributed by atoms with E-state index in [9.17, 15) is 9.18 Å². The van der Waals surface area contributed by atoms with Gasteiger partial charge in [-0.05, 0) is 18.2 Å². The fraction of sp³-hybridized carbons (Fsp3) is 0.111. The van der Waals surface area contributed by atoms with Crippen LogP contribution in [-0.4, -0.2) is 11.7 Å². The molecule has 0 aliphatic rings. The number of nitriles is 1. The van der Waals surface area contributed by atoms with Crippen LogP contribution in [0.1, 0.15) is 5.56 Å². The SMILES string of the molecule is N#Cc1cc(NC(=O)CS)ccc1F. The van der Waals surface area contributed by atoms with Crippen LogP contribution in [0.15, 0.2) is 18.2 Å². The molecule has 1 aromatic rings. The van der Waals surface area contributed by atoms with Gasteiger partial charge in [-0.15, -0.1) is 0 Å². The van der Waals surface area contributed by atoms with Crippen LogP contribution in [0.2, 0.25) is 0 Å². The number of nitrogens with one attached hydrogen (secondary N) is 1. The van der Waals surface area contributed by atoms with Crippen LogP contribution < -0.4 is 5.32 Å². The molecular formula is C9H7FN2OS. The van der Waals surface area contributed by atoms with E-state index in [0.717, 1.165) is 6.07 Å². The molecule has 14 heavy (non-hydrogen) atoms. The topological polar surface area (TPSA) is 52.9 Å². The Balaban J connectivity index is 2.91. The van der Waals surface area contributed by atoms with Crippen LogP contribution in [0.4, 0.5) is 10.1 Å². The summed E-state index contributed by atoms with van der Waals surface area (Å²) in [6.45, 7) is 0. The van der Waals surface area contributed by atoms with Gasteiger partial charge in [0, 0.05) is 5.69 Å². The molecule has 1 rings (SSSR count). The van der Waals surface area contributed by atoms with Crippen molar-refractivity contribution in [3.8, 4) is 6.07 Å². The van der Waals surface area contributed by atoms with Crippen molar-refractivity contribution in [3.05, 3.63) is 29.6 Å². The standard InChI is InChI=1S/C9H7FN2OS/c10-8-2-1-7(3-6(8)4-11)12-9(13)5-14/h1-3,14H,5H2,(H,12,13). The minimum atomic E-state index is -0.601. The van der Waals surface area contributed by atoms with Crippen LogP contribution in [0.3, 0.4) is 0 Å². The van der Waals surface area contributed by atoms with Crippen molar-refractivity contribution in [3.63, 3.8) is 0 Å². The van der Waals surface area contributed by atoms with E-state index in [1.54, 1.807) is 6.07 Å². The normalized spacial score (nSPS) is 9.21. The first kappa shape index (κ1) is 10.5. The number of carbonyl (C=O) groups is 1. The van der Waals surface area contributed by atoms with E-state index in [-0.39, 0.29) is 17.2 Å². The fourth-order valence-corrected chi connectivity index (χ4v) is 0.968. The second-order valence-corrected chi connectivity index (χ2v) is 2.83. The molecule has 0 atom stereocenters. The summed E-state index contributed by atoms with van der Waals surface area (Å²) >= 11 is 3.76. The molecule has 0 spiro atoms. The molecule has 5 heteroatoms. The summed E-state index contributed by atoms with van der Waals surface area (Å²) in [6, 6.07) is 5.47. The monoisotopic (exact) mass is 210 g/mol. The minimum absolute atomic E-state index is 0.0409. The van der Waals surface area contributed by atoms with Crippen LogP contribution in [0.25, 0.3) is 0 Å². The Hall–Kier alpha value is -1.54. The maximum Gasteiger partial charge on any atom is 0.234 e. The van der Waals surface area contributed by atoms with Gasteiger partial charge in [0.2, 0.25) is 5.91 Å². The average molecular weight is 210 g/mol. The molecular weight excluding hydrogens is 203 g/mol. The molecule has 0 unspecified atom stereocenters. The zero-order valence-corrected chi connectivity index (χ0v) is 8.01. The first-order valence-electron chi connectivity index (χ1n) is 3.77. The maximum atomic E-state index is 12.8. The lowest BCUT2D eigenvalue weighted by molar-refractivity contribution is -0.113. The quantitative estimate of drug-likeness (QED) is 0.728. The van der Waals surface area contributed by atoms with Crippen LogP contribution >= 0.6 is 12.6 Å². The summed E-state index contributed by atoms with van der Waals surface area (Å²) in [5.41, 5.74) is 0.295.